The van der Waals surface area contributed by atoms with E-state index in [0.717, 1.165) is 28.1 Å². The maximum absolute atomic E-state index is 6.22. The maximum atomic E-state index is 6.22. The zero-order chi connectivity index (χ0) is 14.0. The van der Waals surface area contributed by atoms with Crippen molar-refractivity contribution in [2.75, 3.05) is 7.11 Å². The number of methoxy groups -OCH3 is 1. The van der Waals surface area contributed by atoms with Crippen molar-refractivity contribution in [1.29, 1.82) is 0 Å². The third-order valence-electron chi connectivity index (χ3n) is 3.02. The second kappa shape index (κ2) is 5.57. The highest BCUT2D eigenvalue weighted by atomic mass is 35.5. The van der Waals surface area contributed by atoms with Crippen LogP contribution in [0, 0.1) is 6.92 Å². The van der Waals surface area contributed by atoms with Gasteiger partial charge in [0, 0.05) is 11.1 Å². The summed E-state index contributed by atoms with van der Waals surface area (Å²) in [4.78, 5) is 8.48. The van der Waals surface area contributed by atoms with Crippen LogP contribution in [-0.4, -0.2) is 17.1 Å². The molecule has 0 aliphatic carbocycles. The first-order valence-corrected chi connectivity index (χ1v) is 6.57. The van der Waals surface area contributed by atoms with Gasteiger partial charge in [-0.2, -0.15) is 0 Å². The Morgan fingerprint density at radius 2 is 1.95 bits per heavy atom. The SMILES string of the molecule is COc1ccc(C)cc1-c1ncnc(Cl)c1C(C)C. The van der Waals surface area contributed by atoms with Crippen molar-refractivity contribution in [3.05, 3.63) is 40.8 Å². The van der Waals surface area contributed by atoms with E-state index in [4.69, 9.17) is 16.3 Å². The zero-order valence-electron chi connectivity index (χ0n) is 11.6. The summed E-state index contributed by atoms with van der Waals surface area (Å²) in [7, 11) is 1.66. The summed E-state index contributed by atoms with van der Waals surface area (Å²) in [5.74, 6) is 1.04. The number of hydrogen-bond acceptors (Lipinski definition) is 3. The van der Waals surface area contributed by atoms with Gasteiger partial charge in [0.2, 0.25) is 0 Å². The monoisotopic (exact) mass is 276 g/mol. The van der Waals surface area contributed by atoms with Crippen LogP contribution in [0.1, 0.15) is 30.9 Å². The van der Waals surface area contributed by atoms with Gasteiger partial charge in [0.1, 0.15) is 17.2 Å². The molecule has 0 aliphatic rings. The molecule has 100 valence electrons. The average Bonchev–Trinajstić information content (AvgIpc) is 2.37. The summed E-state index contributed by atoms with van der Waals surface area (Å²) in [5.41, 5.74) is 3.90. The third kappa shape index (κ3) is 2.71. The molecule has 4 heteroatoms. The minimum absolute atomic E-state index is 0.244. The van der Waals surface area contributed by atoms with Crippen molar-refractivity contribution in [3.8, 4) is 17.0 Å². The molecule has 0 atom stereocenters. The first kappa shape index (κ1) is 13.8. The van der Waals surface area contributed by atoms with Gasteiger partial charge in [0.25, 0.3) is 0 Å². The fourth-order valence-electron chi connectivity index (χ4n) is 2.11. The Hall–Kier alpha value is -1.61. The van der Waals surface area contributed by atoms with E-state index in [9.17, 15) is 0 Å². The van der Waals surface area contributed by atoms with Gasteiger partial charge >= 0.3 is 0 Å². The van der Waals surface area contributed by atoms with E-state index >= 15 is 0 Å². The highest BCUT2D eigenvalue weighted by Gasteiger charge is 2.18. The Morgan fingerprint density at radius 3 is 2.58 bits per heavy atom. The van der Waals surface area contributed by atoms with Gasteiger partial charge in [-0.1, -0.05) is 37.1 Å². The number of nitrogens with zero attached hydrogens (tertiary/aromatic N) is 2. The van der Waals surface area contributed by atoms with Crippen LogP contribution in [0.25, 0.3) is 11.3 Å². The molecular weight excluding hydrogens is 260 g/mol. The molecular formula is C15H17ClN2O. The van der Waals surface area contributed by atoms with Crippen LogP contribution < -0.4 is 4.74 Å². The van der Waals surface area contributed by atoms with Crippen LogP contribution in [-0.2, 0) is 0 Å². The smallest absolute Gasteiger partial charge is 0.136 e. The standard InChI is InChI=1S/C15H17ClN2O/c1-9(2)13-14(17-8-18-15(13)16)11-7-10(3)5-6-12(11)19-4/h5-9H,1-4H3. The van der Waals surface area contributed by atoms with Crippen LogP contribution in [0.15, 0.2) is 24.5 Å². The minimum Gasteiger partial charge on any atom is -0.496 e. The van der Waals surface area contributed by atoms with Crippen molar-refractivity contribution < 1.29 is 4.74 Å². The third-order valence-corrected chi connectivity index (χ3v) is 3.32. The number of rotatable bonds is 3. The lowest BCUT2D eigenvalue weighted by Gasteiger charge is -2.15. The Kier molecular flexibility index (Phi) is 4.05. The summed E-state index contributed by atoms with van der Waals surface area (Å²) in [6, 6.07) is 6.02. The second-order valence-electron chi connectivity index (χ2n) is 4.79. The van der Waals surface area contributed by atoms with Gasteiger partial charge in [0.15, 0.2) is 0 Å². The lowest BCUT2D eigenvalue weighted by molar-refractivity contribution is 0.416. The number of benzene rings is 1. The molecule has 1 aromatic heterocycles. The fraction of sp³-hybridized carbons (Fsp3) is 0.333. The molecule has 0 bridgehead atoms. The largest absolute Gasteiger partial charge is 0.496 e. The number of ether oxygens (including phenoxy) is 1. The van der Waals surface area contributed by atoms with Crippen LogP contribution in [0.3, 0.4) is 0 Å². The highest BCUT2D eigenvalue weighted by molar-refractivity contribution is 6.30. The molecule has 1 heterocycles. The number of halogens is 1. The van der Waals surface area contributed by atoms with Gasteiger partial charge in [0.05, 0.1) is 12.8 Å². The average molecular weight is 277 g/mol. The molecule has 0 unspecified atom stereocenters. The first-order valence-electron chi connectivity index (χ1n) is 6.20. The molecule has 0 saturated carbocycles. The van der Waals surface area contributed by atoms with Crippen molar-refractivity contribution in [2.45, 2.75) is 26.7 Å². The van der Waals surface area contributed by atoms with E-state index in [-0.39, 0.29) is 5.92 Å². The second-order valence-corrected chi connectivity index (χ2v) is 5.14. The lowest BCUT2D eigenvalue weighted by atomic mass is 9.97. The van der Waals surface area contributed by atoms with E-state index < -0.39 is 0 Å². The molecule has 0 N–H and O–H groups in total. The molecule has 19 heavy (non-hydrogen) atoms. The summed E-state index contributed by atoms with van der Waals surface area (Å²) >= 11 is 6.22. The van der Waals surface area contributed by atoms with Crippen molar-refractivity contribution in [2.24, 2.45) is 0 Å². The minimum atomic E-state index is 0.244. The number of aromatic nitrogens is 2. The van der Waals surface area contributed by atoms with Gasteiger partial charge in [-0.25, -0.2) is 9.97 Å². The normalized spacial score (nSPS) is 10.8. The Labute approximate surface area is 118 Å². The molecule has 1 aromatic carbocycles. The van der Waals surface area contributed by atoms with E-state index in [1.165, 1.54) is 6.33 Å². The van der Waals surface area contributed by atoms with Gasteiger partial charge in [-0.05, 0) is 25.0 Å². The van der Waals surface area contributed by atoms with Gasteiger partial charge in [-0.15, -0.1) is 0 Å². The highest BCUT2D eigenvalue weighted by Crippen LogP contribution is 2.36. The molecule has 0 fully saturated rings. The molecule has 0 radical (unpaired) electrons. The molecule has 2 rings (SSSR count). The zero-order valence-corrected chi connectivity index (χ0v) is 12.3. The van der Waals surface area contributed by atoms with Crippen molar-refractivity contribution in [1.82, 2.24) is 9.97 Å². The number of hydrogen-bond donors (Lipinski definition) is 0. The molecule has 0 aliphatic heterocycles. The lowest BCUT2D eigenvalue weighted by Crippen LogP contribution is -2.00. The molecule has 0 amide bonds. The Bertz CT molecular complexity index is 597. The van der Waals surface area contributed by atoms with E-state index in [2.05, 4.69) is 29.9 Å². The number of aryl methyl sites for hydroxylation is 1. The van der Waals surface area contributed by atoms with E-state index in [0.29, 0.717) is 5.15 Å². The first-order chi connectivity index (χ1) is 9.04. The topological polar surface area (TPSA) is 35.0 Å². The van der Waals surface area contributed by atoms with E-state index in [1.807, 2.05) is 19.1 Å². The Morgan fingerprint density at radius 1 is 1.21 bits per heavy atom. The van der Waals surface area contributed by atoms with Gasteiger partial charge in [-0.3, -0.25) is 0 Å². The van der Waals surface area contributed by atoms with Crippen LogP contribution in [0.2, 0.25) is 5.15 Å². The molecule has 2 aromatic rings. The molecule has 0 spiro atoms. The fourth-order valence-corrected chi connectivity index (χ4v) is 2.46. The van der Waals surface area contributed by atoms with Crippen LogP contribution >= 0.6 is 11.6 Å². The predicted octanol–water partition coefficient (Wildman–Crippen LogP) is 4.24. The summed E-state index contributed by atoms with van der Waals surface area (Å²) in [6.07, 6.45) is 1.49. The van der Waals surface area contributed by atoms with Crippen LogP contribution in [0.5, 0.6) is 5.75 Å². The summed E-state index contributed by atoms with van der Waals surface area (Å²) < 4.78 is 5.43. The predicted molar refractivity (Wildman–Crippen MR) is 77.9 cm³/mol. The maximum Gasteiger partial charge on any atom is 0.136 e. The molecule has 3 nitrogen and oxygen atoms in total. The Balaban J connectivity index is 2.71. The molecule has 0 saturated heterocycles. The summed E-state index contributed by atoms with van der Waals surface area (Å²) in [5, 5.41) is 0.503. The van der Waals surface area contributed by atoms with Crippen molar-refractivity contribution in [3.63, 3.8) is 0 Å². The van der Waals surface area contributed by atoms with Crippen molar-refractivity contribution >= 4 is 11.6 Å². The van der Waals surface area contributed by atoms with E-state index in [1.54, 1.807) is 7.11 Å². The summed E-state index contributed by atoms with van der Waals surface area (Å²) in [6.45, 7) is 6.20. The van der Waals surface area contributed by atoms with Crippen LogP contribution in [0.4, 0.5) is 0 Å². The van der Waals surface area contributed by atoms with Gasteiger partial charge < -0.3 is 4.74 Å². The quantitative estimate of drug-likeness (QED) is 0.787.